The summed E-state index contributed by atoms with van der Waals surface area (Å²) in [6, 6.07) is 9.67. The highest BCUT2D eigenvalue weighted by atomic mass is 16.5. The molecule has 0 aliphatic carbocycles. The Bertz CT molecular complexity index is 281. The van der Waals surface area contributed by atoms with Gasteiger partial charge in [0.1, 0.15) is 6.10 Å². The van der Waals surface area contributed by atoms with Gasteiger partial charge in [-0.05, 0) is 18.5 Å². The first-order valence-electron chi connectivity index (χ1n) is 5.43. The number of rotatable bonds is 2. The van der Waals surface area contributed by atoms with Crippen LogP contribution in [0.4, 0.5) is 0 Å². The van der Waals surface area contributed by atoms with Gasteiger partial charge < -0.3 is 15.2 Å². The molecule has 0 spiro atoms. The lowest BCUT2D eigenvalue weighted by atomic mass is 10.0. The molecule has 2 unspecified atom stereocenters. The quantitative estimate of drug-likeness (QED) is 0.763. The second-order valence-corrected chi connectivity index (χ2v) is 3.82. The maximum absolute atomic E-state index is 10.1. The average Bonchev–Trinajstić information content (AvgIpc) is 2.58. The van der Waals surface area contributed by atoms with Crippen LogP contribution in [0.15, 0.2) is 30.3 Å². The summed E-state index contributed by atoms with van der Waals surface area (Å²) in [5.41, 5.74) is 0.922. The van der Waals surface area contributed by atoms with Crippen LogP contribution in [0, 0.1) is 0 Å². The molecule has 82 valence electrons. The lowest BCUT2D eigenvalue weighted by molar-refractivity contribution is -0.0290. The number of ether oxygens (including phenoxy) is 1. The van der Waals surface area contributed by atoms with Gasteiger partial charge in [0.05, 0.1) is 6.10 Å². The van der Waals surface area contributed by atoms with E-state index >= 15 is 0 Å². The van der Waals surface area contributed by atoms with E-state index in [0.717, 1.165) is 31.7 Å². The van der Waals surface area contributed by atoms with Crippen LogP contribution in [-0.4, -0.2) is 30.9 Å². The smallest absolute Gasteiger partial charge is 0.106 e. The van der Waals surface area contributed by atoms with Crippen LogP contribution in [0.25, 0.3) is 0 Å². The van der Waals surface area contributed by atoms with Gasteiger partial charge >= 0.3 is 0 Å². The van der Waals surface area contributed by atoms with Crippen molar-refractivity contribution >= 4 is 0 Å². The van der Waals surface area contributed by atoms with Gasteiger partial charge in [-0.1, -0.05) is 30.3 Å². The monoisotopic (exact) mass is 207 g/mol. The molecule has 0 bridgehead atoms. The van der Waals surface area contributed by atoms with Crippen molar-refractivity contribution in [2.45, 2.75) is 18.6 Å². The fraction of sp³-hybridized carbons (Fsp3) is 0.500. The Labute approximate surface area is 90.1 Å². The first-order valence-corrected chi connectivity index (χ1v) is 5.43. The predicted molar refractivity (Wildman–Crippen MR) is 58.6 cm³/mol. The summed E-state index contributed by atoms with van der Waals surface area (Å²) in [5, 5.41) is 13.4. The molecule has 1 heterocycles. The minimum Gasteiger partial charge on any atom is -0.386 e. The molecular formula is C12H17NO2. The molecule has 2 N–H and O–H groups in total. The van der Waals surface area contributed by atoms with Gasteiger partial charge in [-0.2, -0.15) is 0 Å². The van der Waals surface area contributed by atoms with E-state index in [4.69, 9.17) is 4.74 Å². The normalized spacial score (nSPS) is 24.5. The summed E-state index contributed by atoms with van der Waals surface area (Å²) in [6.45, 7) is 2.41. The van der Waals surface area contributed by atoms with Crippen molar-refractivity contribution in [3.63, 3.8) is 0 Å². The van der Waals surface area contributed by atoms with Crippen LogP contribution in [0.5, 0.6) is 0 Å². The van der Waals surface area contributed by atoms with Gasteiger partial charge in [0.25, 0.3) is 0 Å². The molecule has 1 aliphatic rings. The molecule has 0 saturated carbocycles. The largest absolute Gasteiger partial charge is 0.386 e. The minimum atomic E-state index is -0.531. The molecule has 1 aromatic rings. The second-order valence-electron chi connectivity index (χ2n) is 3.82. The van der Waals surface area contributed by atoms with Gasteiger partial charge in [0.15, 0.2) is 0 Å². The van der Waals surface area contributed by atoms with E-state index in [-0.39, 0.29) is 6.10 Å². The van der Waals surface area contributed by atoms with Gasteiger partial charge in [-0.25, -0.2) is 0 Å². The fourth-order valence-corrected chi connectivity index (χ4v) is 1.80. The van der Waals surface area contributed by atoms with Crippen molar-refractivity contribution in [2.75, 3.05) is 19.7 Å². The van der Waals surface area contributed by atoms with Crippen LogP contribution >= 0.6 is 0 Å². The van der Waals surface area contributed by atoms with Crippen molar-refractivity contribution in [1.29, 1.82) is 0 Å². The Morgan fingerprint density at radius 3 is 2.93 bits per heavy atom. The molecule has 1 saturated heterocycles. The molecule has 15 heavy (non-hydrogen) atoms. The molecule has 0 radical (unpaired) electrons. The number of hydrogen-bond acceptors (Lipinski definition) is 3. The summed E-state index contributed by atoms with van der Waals surface area (Å²) in [4.78, 5) is 0. The summed E-state index contributed by atoms with van der Waals surface area (Å²) >= 11 is 0. The number of hydrogen-bond donors (Lipinski definition) is 2. The van der Waals surface area contributed by atoms with Gasteiger partial charge in [-0.15, -0.1) is 0 Å². The highest BCUT2D eigenvalue weighted by molar-refractivity contribution is 5.18. The van der Waals surface area contributed by atoms with Crippen molar-refractivity contribution in [2.24, 2.45) is 0 Å². The Hall–Kier alpha value is -0.900. The van der Waals surface area contributed by atoms with Crippen LogP contribution in [0.2, 0.25) is 0 Å². The lowest BCUT2D eigenvalue weighted by Gasteiger charge is -2.21. The van der Waals surface area contributed by atoms with E-state index in [1.807, 2.05) is 30.3 Å². The Morgan fingerprint density at radius 2 is 2.13 bits per heavy atom. The highest BCUT2D eigenvalue weighted by Gasteiger charge is 2.22. The van der Waals surface area contributed by atoms with Crippen molar-refractivity contribution in [1.82, 2.24) is 5.32 Å². The molecule has 1 aromatic carbocycles. The van der Waals surface area contributed by atoms with Crippen LogP contribution in [-0.2, 0) is 4.74 Å². The summed E-state index contributed by atoms with van der Waals surface area (Å²) in [5.74, 6) is 0. The van der Waals surface area contributed by atoms with Gasteiger partial charge in [0.2, 0.25) is 0 Å². The number of aliphatic hydroxyl groups excluding tert-OH is 1. The van der Waals surface area contributed by atoms with E-state index in [9.17, 15) is 5.11 Å². The predicted octanol–water partition coefficient (Wildman–Crippen LogP) is 1.10. The van der Waals surface area contributed by atoms with Crippen molar-refractivity contribution in [3.8, 4) is 0 Å². The van der Waals surface area contributed by atoms with E-state index in [2.05, 4.69) is 5.32 Å². The molecule has 2 atom stereocenters. The standard InChI is InChI=1S/C12H17NO2/c14-12(10-5-2-1-3-6-10)11-9-13-7-4-8-15-11/h1-3,5-6,11-14H,4,7-9H2. The zero-order valence-electron chi connectivity index (χ0n) is 8.73. The average molecular weight is 207 g/mol. The Kier molecular flexibility index (Phi) is 3.72. The van der Waals surface area contributed by atoms with E-state index < -0.39 is 6.10 Å². The molecule has 3 nitrogen and oxygen atoms in total. The summed E-state index contributed by atoms with van der Waals surface area (Å²) < 4.78 is 5.61. The van der Waals surface area contributed by atoms with Crippen molar-refractivity contribution in [3.05, 3.63) is 35.9 Å². The molecule has 0 aromatic heterocycles. The van der Waals surface area contributed by atoms with Crippen LogP contribution < -0.4 is 5.32 Å². The minimum absolute atomic E-state index is 0.130. The van der Waals surface area contributed by atoms with Gasteiger partial charge in [-0.3, -0.25) is 0 Å². The van der Waals surface area contributed by atoms with Gasteiger partial charge in [0, 0.05) is 13.2 Å². The van der Waals surface area contributed by atoms with Crippen LogP contribution in [0.3, 0.4) is 0 Å². The Morgan fingerprint density at radius 1 is 1.33 bits per heavy atom. The molecular weight excluding hydrogens is 190 g/mol. The van der Waals surface area contributed by atoms with E-state index in [1.165, 1.54) is 0 Å². The van der Waals surface area contributed by atoms with Crippen LogP contribution in [0.1, 0.15) is 18.1 Å². The third-order valence-electron chi connectivity index (χ3n) is 2.67. The molecule has 2 rings (SSSR count). The number of nitrogens with one attached hydrogen (secondary N) is 1. The first kappa shape index (κ1) is 10.6. The van der Waals surface area contributed by atoms with E-state index in [0.29, 0.717) is 0 Å². The highest BCUT2D eigenvalue weighted by Crippen LogP contribution is 2.19. The Balaban J connectivity index is 2.03. The molecule has 3 heteroatoms. The lowest BCUT2D eigenvalue weighted by Crippen LogP contribution is -2.31. The summed E-state index contributed by atoms with van der Waals surface area (Å²) in [6.07, 6.45) is 0.351. The molecule has 1 fully saturated rings. The number of benzene rings is 1. The number of aliphatic hydroxyl groups is 1. The SMILES string of the molecule is OC(c1ccccc1)C1CNCCCO1. The fourth-order valence-electron chi connectivity index (χ4n) is 1.80. The first-order chi connectivity index (χ1) is 7.38. The second kappa shape index (κ2) is 5.26. The van der Waals surface area contributed by atoms with E-state index in [1.54, 1.807) is 0 Å². The molecule has 0 amide bonds. The summed E-state index contributed by atoms with van der Waals surface area (Å²) in [7, 11) is 0. The molecule has 1 aliphatic heterocycles. The third-order valence-corrected chi connectivity index (χ3v) is 2.67. The third kappa shape index (κ3) is 2.78. The maximum atomic E-state index is 10.1. The van der Waals surface area contributed by atoms with Crippen molar-refractivity contribution < 1.29 is 9.84 Å². The zero-order valence-corrected chi connectivity index (χ0v) is 8.73. The topological polar surface area (TPSA) is 41.5 Å². The maximum Gasteiger partial charge on any atom is 0.106 e. The zero-order chi connectivity index (χ0) is 10.5.